The lowest BCUT2D eigenvalue weighted by Gasteiger charge is -2.19. The Morgan fingerprint density at radius 1 is 1.30 bits per heavy atom. The van der Waals surface area contributed by atoms with E-state index >= 15 is 0 Å². The zero-order valence-electron chi connectivity index (χ0n) is 12.4. The second kappa shape index (κ2) is 6.52. The monoisotopic (exact) mass is 278 g/mol. The zero-order valence-corrected chi connectivity index (χ0v) is 12.4. The number of benzene rings is 1. The van der Waals surface area contributed by atoms with Crippen molar-refractivity contribution < 1.29 is 14.7 Å². The van der Waals surface area contributed by atoms with Gasteiger partial charge in [-0.05, 0) is 43.0 Å². The number of carbonyl (C=O) groups is 2. The van der Waals surface area contributed by atoms with E-state index in [1.165, 1.54) is 6.07 Å². The number of amides is 1. The van der Waals surface area contributed by atoms with Gasteiger partial charge < -0.3 is 16.2 Å². The molecule has 5 heteroatoms. The smallest absolute Gasteiger partial charge is 0.336 e. The van der Waals surface area contributed by atoms with Crippen LogP contribution < -0.4 is 11.1 Å². The highest BCUT2D eigenvalue weighted by Gasteiger charge is 2.21. The predicted molar refractivity (Wildman–Crippen MR) is 78.9 cm³/mol. The predicted octanol–water partition coefficient (Wildman–Crippen LogP) is 2.17. The quantitative estimate of drug-likeness (QED) is 0.769. The Kier molecular flexibility index (Phi) is 5.27. The van der Waals surface area contributed by atoms with Crippen molar-refractivity contribution in [1.29, 1.82) is 0 Å². The molecule has 110 valence electrons. The van der Waals surface area contributed by atoms with Crippen molar-refractivity contribution in [3.8, 4) is 0 Å². The molecule has 0 spiro atoms. The van der Waals surface area contributed by atoms with Gasteiger partial charge in [-0.1, -0.05) is 13.8 Å². The number of carbonyl (C=O) groups excluding carboxylic acids is 1. The molecule has 1 amide bonds. The second-order valence-electron chi connectivity index (χ2n) is 5.35. The number of aromatic carboxylic acids is 1. The van der Waals surface area contributed by atoms with Gasteiger partial charge in [0.25, 0.3) is 0 Å². The Morgan fingerprint density at radius 2 is 1.90 bits per heavy atom. The van der Waals surface area contributed by atoms with Crippen LogP contribution in [0.1, 0.15) is 35.3 Å². The normalized spacial score (nSPS) is 12.3. The lowest BCUT2D eigenvalue weighted by Crippen LogP contribution is -2.33. The van der Waals surface area contributed by atoms with Gasteiger partial charge in [0.15, 0.2) is 0 Å². The number of carboxylic acid groups (broad SMARTS) is 1. The van der Waals surface area contributed by atoms with Gasteiger partial charge in [-0.25, -0.2) is 4.79 Å². The van der Waals surface area contributed by atoms with Gasteiger partial charge in [0.2, 0.25) is 5.91 Å². The summed E-state index contributed by atoms with van der Waals surface area (Å²) >= 11 is 0. The molecule has 5 nitrogen and oxygen atoms in total. The Labute approximate surface area is 119 Å². The van der Waals surface area contributed by atoms with E-state index in [0.717, 1.165) is 5.56 Å². The molecule has 0 saturated carbocycles. The van der Waals surface area contributed by atoms with E-state index in [1.807, 2.05) is 20.8 Å². The van der Waals surface area contributed by atoms with E-state index in [2.05, 4.69) is 5.32 Å². The minimum absolute atomic E-state index is 0.130. The van der Waals surface area contributed by atoms with Crippen LogP contribution in [0.5, 0.6) is 0 Å². The maximum absolute atomic E-state index is 12.1. The highest BCUT2D eigenvalue weighted by Crippen LogP contribution is 2.21. The van der Waals surface area contributed by atoms with Crippen molar-refractivity contribution in [2.24, 2.45) is 17.6 Å². The summed E-state index contributed by atoms with van der Waals surface area (Å²) in [6.45, 7) is 7.70. The van der Waals surface area contributed by atoms with Gasteiger partial charge in [0, 0.05) is 12.2 Å². The Bertz CT molecular complexity index is 524. The summed E-state index contributed by atoms with van der Waals surface area (Å²) in [5.41, 5.74) is 7.83. The van der Waals surface area contributed by atoms with Gasteiger partial charge in [-0.3, -0.25) is 4.79 Å². The molecule has 0 fully saturated rings. The molecule has 0 heterocycles. The van der Waals surface area contributed by atoms with Crippen molar-refractivity contribution in [1.82, 2.24) is 0 Å². The molecule has 20 heavy (non-hydrogen) atoms. The standard InChI is InChI=1S/C15H22N2O3/c1-8(2)13(7-16)14(18)17-11-5-9(3)10(4)12(6-11)15(19)20/h5-6,8,13H,7,16H2,1-4H3,(H,17,18)(H,19,20). The average Bonchev–Trinajstić information content (AvgIpc) is 2.33. The number of nitrogens with one attached hydrogen (secondary N) is 1. The van der Waals surface area contributed by atoms with E-state index in [1.54, 1.807) is 13.0 Å². The van der Waals surface area contributed by atoms with Crippen molar-refractivity contribution >= 4 is 17.6 Å². The summed E-state index contributed by atoms with van der Waals surface area (Å²) in [6.07, 6.45) is 0. The molecule has 1 unspecified atom stereocenters. The molecule has 0 aromatic heterocycles. The number of carboxylic acids is 1. The number of nitrogens with two attached hydrogens (primary N) is 1. The summed E-state index contributed by atoms with van der Waals surface area (Å²) in [4.78, 5) is 23.3. The molecular formula is C15H22N2O3. The summed E-state index contributed by atoms with van der Waals surface area (Å²) in [5.74, 6) is -1.33. The molecule has 1 aromatic rings. The molecule has 0 bridgehead atoms. The van der Waals surface area contributed by atoms with Gasteiger partial charge >= 0.3 is 5.97 Å². The van der Waals surface area contributed by atoms with E-state index in [0.29, 0.717) is 11.3 Å². The highest BCUT2D eigenvalue weighted by molar-refractivity contribution is 5.96. The number of rotatable bonds is 5. The number of anilines is 1. The Balaban J connectivity index is 3.04. The van der Waals surface area contributed by atoms with Crippen molar-refractivity contribution in [3.63, 3.8) is 0 Å². The third-order valence-corrected chi connectivity index (χ3v) is 3.56. The van der Waals surface area contributed by atoms with E-state index in [9.17, 15) is 9.59 Å². The van der Waals surface area contributed by atoms with Crippen LogP contribution in [0.25, 0.3) is 0 Å². The molecule has 4 N–H and O–H groups in total. The van der Waals surface area contributed by atoms with Crippen LogP contribution in [0.15, 0.2) is 12.1 Å². The van der Waals surface area contributed by atoms with E-state index in [-0.39, 0.29) is 29.9 Å². The summed E-state index contributed by atoms with van der Waals surface area (Å²) in [5, 5.41) is 11.9. The summed E-state index contributed by atoms with van der Waals surface area (Å²) in [6, 6.07) is 3.25. The largest absolute Gasteiger partial charge is 0.478 e. The van der Waals surface area contributed by atoms with Crippen LogP contribution in [0.4, 0.5) is 5.69 Å². The molecule has 1 aromatic carbocycles. The van der Waals surface area contributed by atoms with Crippen molar-refractivity contribution in [2.45, 2.75) is 27.7 Å². The molecule has 0 aliphatic carbocycles. The fourth-order valence-corrected chi connectivity index (χ4v) is 2.07. The lowest BCUT2D eigenvalue weighted by molar-refractivity contribution is -0.120. The lowest BCUT2D eigenvalue weighted by atomic mass is 9.95. The molecule has 0 aliphatic heterocycles. The van der Waals surface area contributed by atoms with E-state index in [4.69, 9.17) is 10.8 Å². The second-order valence-corrected chi connectivity index (χ2v) is 5.35. The third-order valence-electron chi connectivity index (χ3n) is 3.56. The average molecular weight is 278 g/mol. The first-order chi connectivity index (χ1) is 9.27. The number of hydrogen-bond donors (Lipinski definition) is 3. The summed E-state index contributed by atoms with van der Waals surface area (Å²) in [7, 11) is 0. The number of aryl methyl sites for hydroxylation is 1. The van der Waals surface area contributed by atoms with Crippen LogP contribution >= 0.6 is 0 Å². The van der Waals surface area contributed by atoms with Crippen LogP contribution in [0, 0.1) is 25.7 Å². The maximum atomic E-state index is 12.1. The molecule has 0 radical (unpaired) electrons. The van der Waals surface area contributed by atoms with Gasteiger partial charge in [-0.2, -0.15) is 0 Å². The fourth-order valence-electron chi connectivity index (χ4n) is 2.07. The minimum atomic E-state index is -0.999. The third kappa shape index (κ3) is 3.57. The summed E-state index contributed by atoms with van der Waals surface area (Å²) < 4.78 is 0. The van der Waals surface area contributed by atoms with Gasteiger partial charge in [-0.15, -0.1) is 0 Å². The van der Waals surface area contributed by atoms with Crippen molar-refractivity contribution in [2.75, 3.05) is 11.9 Å². The zero-order chi connectivity index (χ0) is 15.4. The topological polar surface area (TPSA) is 92.4 Å². The first-order valence-electron chi connectivity index (χ1n) is 6.63. The van der Waals surface area contributed by atoms with Crippen LogP contribution in [-0.4, -0.2) is 23.5 Å². The molecule has 1 atom stereocenters. The molecule has 0 aliphatic rings. The first-order valence-corrected chi connectivity index (χ1v) is 6.63. The van der Waals surface area contributed by atoms with Crippen molar-refractivity contribution in [3.05, 3.63) is 28.8 Å². The highest BCUT2D eigenvalue weighted by atomic mass is 16.4. The Morgan fingerprint density at radius 3 is 2.35 bits per heavy atom. The maximum Gasteiger partial charge on any atom is 0.336 e. The van der Waals surface area contributed by atoms with Crippen LogP contribution in [0.2, 0.25) is 0 Å². The number of hydrogen-bond acceptors (Lipinski definition) is 3. The van der Waals surface area contributed by atoms with Gasteiger partial charge in [0.1, 0.15) is 0 Å². The first kappa shape index (κ1) is 16.2. The van der Waals surface area contributed by atoms with Crippen LogP contribution in [0.3, 0.4) is 0 Å². The SMILES string of the molecule is Cc1cc(NC(=O)C(CN)C(C)C)cc(C(=O)O)c1C. The van der Waals surface area contributed by atoms with Crippen LogP contribution in [-0.2, 0) is 4.79 Å². The molecular weight excluding hydrogens is 256 g/mol. The molecule has 1 rings (SSSR count). The van der Waals surface area contributed by atoms with Gasteiger partial charge in [0.05, 0.1) is 11.5 Å². The Hall–Kier alpha value is -1.88. The minimum Gasteiger partial charge on any atom is -0.478 e. The van der Waals surface area contributed by atoms with E-state index < -0.39 is 5.97 Å². The molecule has 0 saturated heterocycles. The fraction of sp³-hybridized carbons (Fsp3) is 0.467.